The molecule has 0 spiro atoms. The van der Waals surface area contributed by atoms with Crippen LogP contribution in [0.3, 0.4) is 0 Å². The molecule has 0 saturated heterocycles. The summed E-state index contributed by atoms with van der Waals surface area (Å²) in [4.78, 5) is 14.1. The average molecular weight is 397 g/mol. The van der Waals surface area contributed by atoms with Gasteiger partial charge in [0, 0.05) is 37.0 Å². The Balaban J connectivity index is 2.12. The van der Waals surface area contributed by atoms with E-state index >= 15 is 0 Å². The molecule has 154 valence electrons. The van der Waals surface area contributed by atoms with E-state index in [4.69, 9.17) is 0 Å². The number of rotatable bonds is 7. The molecule has 0 bridgehead atoms. The molecule has 1 heterocycles. The molecule has 0 aliphatic heterocycles. The monoisotopic (exact) mass is 397 g/mol. The Morgan fingerprint density at radius 1 is 1.25 bits per heavy atom. The summed E-state index contributed by atoms with van der Waals surface area (Å²) < 4.78 is 43.7. The van der Waals surface area contributed by atoms with Crippen molar-refractivity contribution in [1.82, 2.24) is 14.7 Å². The summed E-state index contributed by atoms with van der Waals surface area (Å²) in [7, 11) is 1.57. The van der Waals surface area contributed by atoms with Crippen LogP contribution in [0.1, 0.15) is 36.4 Å². The predicted octanol–water partition coefficient (Wildman–Crippen LogP) is 4.26. The lowest BCUT2D eigenvalue weighted by molar-refractivity contribution is -0.275. The Labute approximate surface area is 163 Å². The van der Waals surface area contributed by atoms with Gasteiger partial charge in [0.1, 0.15) is 5.75 Å². The van der Waals surface area contributed by atoms with Crippen LogP contribution in [-0.4, -0.2) is 34.0 Å². The third-order valence-corrected chi connectivity index (χ3v) is 4.43. The lowest BCUT2D eigenvalue weighted by Crippen LogP contribution is -2.28. The van der Waals surface area contributed by atoms with Crippen LogP contribution in [0, 0.1) is 19.8 Å². The molecule has 0 radical (unpaired) electrons. The number of amides is 1. The molecule has 0 aliphatic rings. The number of aromatic nitrogens is 2. The van der Waals surface area contributed by atoms with Crippen LogP contribution < -0.4 is 4.74 Å². The summed E-state index contributed by atoms with van der Waals surface area (Å²) in [5.41, 5.74) is 2.88. The van der Waals surface area contributed by atoms with Gasteiger partial charge in [0.2, 0.25) is 5.91 Å². The fourth-order valence-electron chi connectivity index (χ4n) is 3.00. The zero-order valence-electron chi connectivity index (χ0n) is 16.8. The summed E-state index contributed by atoms with van der Waals surface area (Å²) in [6, 6.07) is 5.83. The van der Waals surface area contributed by atoms with Crippen LogP contribution >= 0.6 is 0 Å². The summed E-state index contributed by atoms with van der Waals surface area (Å²) in [6.07, 6.45) is -4.63. The first-order valence-electron chi connectivity index (χ1n) is 9.08. The van der Waals surface area contributed by atoms with Crippen molar-refractivity contribution in [3.05, 3.63) is 46.8 Å². The van der Waals surface area contributed by atoms with E-state index in [0.717, 1.165) is 23.5 Å². The first-order valence-corrected chi connectivity index (χ1v) is 9.08. The van der Waals surface area contributed by atoms with Crippen LogP contribution in [0.2, 0.25) is 0 Å². The van der Waals surface area contributed by atoms with E-state index in [1.54, 1.807) is 13.1 Å². The van der Waals surface area contributed by atoms with Gasteiger partial charge in [-0.2, -0.15) is 5.10 Å². The fourth-order valence-corrected chi connectivity index (χ4v) is 3.00. The van der Waals surface area contributed by atoms with Crippen LogP contribution in [0.15, 0.2) is 24.3 Å². The van der Waals surface area contributed by atoms with Gasteiger partial charge in [0.15, 0.2) is 0 Å². The first-order chi connectivity index (χ1) is 13.0. The molecule has 0 aliphatic carbocycles. The quantitative estimate of drug-likeness (QED) is 0.702. The Bertz CT molecular complexity index is 829. The van der Waals surface area contributed by atoms with Crippen molar-refractivity contribution in [3.63, 3.8) is 0 Å². The van der Waals surface area contributed by atoms with E-state index < -0.39 is 6.36 Å². The van der Waals surface area contributed by atoms with E-state index in [9.17, 15) is 18.0 Å². The zero-order chi connectivity index (χ0) is 21.1. The van der Waals surface area contributed by atoms with Crippen molar-refractivity contribution in [2.45, 2.75) is 53.6 Å². The van der Waals surface area contributed by atoms with E-state index in [1.807, 2.05) is 18.5 Å². The molecular weight excluding hydrogens is 371 g/mol. The van der Waals surface area contributed by atoms with Gasteiger partial charge in [0.05, 0.1) is 12.1 Å². The number of alkyl halides is 3. The SMILES string of the molecule is Cc1nn(CC(C)C)c(C)c1CC(=O)N(C)Cc1ccccc1OC(F)(F)F. The number of carbonyl (C=O) groups is 1. The number of hydrogen-bond donors (Lipinski definition) is 0. The molecule has 0 atom stereocenters. The van der Waals surface area contributed by atoms with E-state index in [-0.39, 0.29) is 24.6 Å². The lowest BCUT2D eigenvalue weighted by atomic mass is 10.1. The number of hydrogen-bond acceptors (Lipinski definition) is 3. The fraction of sp³-hybridized carbons (Fsp3) is 0.500. The van der Waals surface area contributed by atoms with E-state index in [0.29, 0.717) is 11.5 Å². The van der Waals surface area contributed by atoms with Gasteiger partial charge in [-0.05, 0) is 25.8 Å². The van der Waals surface area contributed by atoms with Gasteiger partial charge in [-0.15, -0.1) is 13.2 Å². The second kappa shape index (κ2) is 8.67. The van der Waals surface area contributed by atoms with Crippen molar-refractivity contribution in [1.29, 1.82) is 0 Å². The Morgan fingerprint density at radius 3 is 2.50 bits per heavy atom. The maximum atomic E-state index is 12.7. The molecule has 2 rings (SSSR count). The summed E-state index contributed by atoms with van der Waals surface area (Å²) in [5, 5.41) is 4.50. The highest BCUT2D eigenvalue weighted by atomic mass is 19.4. The summed E-state index contributed by atoms with van der Waals surface area (Å²) in [6.45, 7) is 8.75. The Hall–Kier alpha value is -2.51. The maximum Gasteiger partial charge on any atom is 0.573 e. The van der Waals surface area contributed by atoms with Crippen molar-refractivity contribution in [2.75, 3.05) is 7.05 Å². The van der Waals surface area contributed by atoms with Crippen LogP contribution in [0.5, 0.6) is 5.75 Å². The second-order valence-electron chi connectivity index (χ2n) is 7.31. The normalized spacial score (nSPS) is 11.8. The number of halogens is 3. The number of likely N-dealkylation sites (N-methyl/N-ethyl adjacent to an activating group) is 1. The minimum atomic E-state index is -4.78. The molecule has 0 saturated carbocycles. The third-order valence-electron chi connectivity index (χ3n) is 4.43. The first kappa shape index (κ1) is 21.8. The van der Waals surface area contributed by atoms with Crippen LogP contribution in [0.25, 0.3) is 0 Å². The zero-order valence-corrected chi connectivity index (χ0v) is 16.8. The average Bonchev–Trinajstić information content (AvgIpc) is 2.82. The molecule has 0 unspecified atom stereocenters. The topological polar surface area (TPSA) is 47.4 Å². The molecule has 28 heavy (non-hydrogen) atoms. The van der Waals surface area contributed by atoms with E-state index in [1.165, 1.54) is 23.1 Å². The second-order valence-corrected chi connectivity index (χ2v) is 7.31. The van der Waals surface area contributed by atoms with Crippen molar-refractivity contribution >= 4 is 5.91 Å². The highest BCUT2D eigenvalue weighted by Gasteiger charge is 2.32. The largest absolute Gasteiger partial charge is 0.573 e. The predicted molar refractivity (Wildman–Crippen MR) is 99.8 cm³/mol. The van der Waals surface area contributed by atoms with Gasteiger partial charge in [0.25, 0.3) is 0 Å². The number of aryl methyl sites for hydroxylation is 1. The Morgan fingerprint density at radius 2 is 1.89 bits per heavy atom. The van der Waals surface area contributed by atoms with Gasteiger partial charge >= 0.3 is 6.36 Å². The smallest absolute Gasteiger partial charge is 0.405 e. The van der Waals surface area contributed by atoms with Crippen molar-refractivity contribution < 1.29 is 22.7 Å². The maximum absolute atomic E-state index is 12.7. The van der Waals surface area contributed by atoms with Crippen LogP contribution in [0.4, 0.5) is 13.2 Å². The van der Waals surface area contributed by atoms with Crippen LogP contribution in [-0.2, 0) is 24.3 Å². The van der Waals surface area contributed by atoms with E-state index in [2.05, 4.69) is 23.7 Å². The Kier molecular flexibility index (Phi) is 6.74. The number of ether oxygens (including phenoxy) is 1. The summed E-state index contributed by atoms with van der Waals surface area (Å²) in [5.74, 6) is -0.0711. The molecular formula is C20H26F3N3O2. The van der Waals surface area contributed by atoms with Crippen molar-refractivity contribution in [2.24, 2.45) is 5.92 Å². The number of nitrogens with zero attached hydrogens (tertiary/aromatic N) is 3. The highest BCUT2D eigenvalue weighted by molar-refractivity contribution is 5.79. The molecule has 1 aromatic carbocycles. The van der Waals surface area contributed by atoms with Gasteiger partial charge < -0.3 is 9.64 Å². The molecule has 2 aromatic rings. The number of carbonyl (C=O) groups excluding carboxylic acids is 1. The highest BCUT2D eigenvalue weighted by Crippen LogP contribution is 2.27. The van der Waals surface area contributed by atoms with Crippen molar-refractivity contribution in [3.8, 4) is 5.75 Å². The molecule has 0 fully saturated rings. The van der Waals surface area contributed by atoms with Gasteiger partial charge in [-0.25, -0.2) is 0 Å². The standard InChI is InChI=1S/C20H26F3N3O2/c1-13(2)11-26-15(4)17(14(3)24-26)10-19(27)25(5)12-16-8-6-7-9-18(16)28-20(21,22)23/h6-9,13H,10-12H2,1-5H3. The lowest BCUT2D eigenvalue weighted by Gasteiger charge is -2.20. The summed E-state index contributed by atoms with van der Waals surface area (Å²) >= 11 is 0. The minimum absolute atomic E-state index is 0.0172. The minimum Gasteiger partial charge on any atom is -0.405 e. The molecule has 1 amide bonds. The molecule has 5 nitrogen and oxygen atoms in total. The number of para-hydroxylation sites is 1. The molecule has 0 N–H and O–H groups in total. The molecule has 1 aromatic heterocycles. The third kappa shape index (κ3) is 5.74. The van der Waals surface area contributed by atoms with Gasteiger partial charge in [-0.1, -0.05) is 32.0 Å². The number of benzene rings is 1. The molecule has 8 heteroatoms. The van der Waals surface area contributed by atoms with Gasteiger partial charge in [-0.3, -0.25) is 9.48 Å².